The van der Waals surface area contributed by atoms with Gasteiger partial charge in [0.25, 0.3) is 5.56 Å². The number of aliphatic imine (C=N–C) groups is 2. The second kappa shape index (κ2) is 5.46. The minimum absolute atomic E-state index is 0.187. The minimum atomic E-state index is -0.212. The number of H-pyrrole nitrogens is 2. The summed E-state index contributed by atoms with van der Waals surface area (Å²) in [4.78, 5) is 25.4. The molecule has 1 aromatic heterocycles. The second-order valence-electron chi connectivity index (χ2n) is 4.42. The lowest BCUT2D eigenvalue weighted by Crippen LogP contribution is -2.22. The number of phenols is 1. The summed E-state index contributed by atoms with van der Waals surface area (Å²) < 4.78 is 0. The fourth-order valence-corrected chi connectivity index (χ4v) is 1.84. The molecule has 1 aromatic carbocycles. The standard InChI is InChI=1S/C15H12N4O2/c20-12-4-1-10(2-5-12)7-13-15(21)19-14(18-13)6-3-11-8-16-9-17-11/h1-9,18,20H,(H,19,21)/b11-3+,13-7-,14-6+. The van der Waals surface area contributed by atoms with Gasteiger partial charge in [0, 0.05) is 0 Å². The molecule has 0 radical (unpaired) electrons. The van der Waals surface area contributed by atoms with Crippen LogP contribution in [0.3, 0.4) is 0 Å². The van der Waals surface area contributed by atoms with Gasteiger partial charge >= 0.3 is 0 Å². The van der Waals surface area contributed by atoms with Gasteiger partial charge in [-0.2, -0.15) is 0 Å². The first-order valence-corrected chi connectivity index (χ1v) is 6.27. The molecule has 0 saturated carbocycles. The topological polar surface area (TPSA) is 93.6 Å². The molecule has 3 N–H and O–H groups in total. The lowest BCUT2D eigenvalue weighted by atomic mass is 10.2. The Morgan fingerprint density at radius 3 is 2.62 bits per heavy atom. The van der Waals surface area contributed by atoms with Crippen LogP contribution < -0.4 is 16.4 Å². The zero-order chi connectivity index (χ0) is 14.7. The average molecular weight is 280 g/mol. The number of imidazole rings is 1. The molecule has 0 amide bonds. The molecular formula is C15H12N4O2. The first-order chi connectivity index (χ1) is 10.2. The van der Waals surface area contributed by atoms with Gasteiger partial charge in [-0.15, -0.1) is 0 Å². The Bertz CT molecular complexity index is 898. The van der Waals surface area contributed by atoms with E-state index in [1.807, 2.05) is 0 Å². The van der Waals surface area contributed by atoms with Gasteiger partial charge in [-0.25, -0.2) is 9.98 Å². The van der Waals surface area contributed by atoms with E-state index >= 15 is 0 Å². The molecule has 1 aliphatic rings. The van der Waals surface area contributed by atoms with Crippen molar-refractivity contribution in [3.63, 3.8) is 0 Å². The van der Waals surface area contributed by atoms with Crippen molar-refractivity contribution in [3.05, 3.63) is 62.8 Å². The number of rotatable bonds is 2. The summed E-state index contributed by atoms with van der Waals surface area (Å²) in [5.41, 5.74) is 1.90. The van der Waals surface area contributed by atoms with Crippen LogP contribution in [0.5, 0.6) is 5.75 Å². The molecule has 1 aliphatic heterocycles. The summed E-state index contributed by atoms with van der Waals surface area (Å²) in [5, 5.41) is 9.67. The van der Waals surface area contributed by atoms with E-state index in [9.17, 15) is 9.90 Å². The van der Waals surface area contributed by atoms with Gasteiger partial charge in [0.05, 0.1) is 11.9 Å². The Kier molecular flexibility index (Phi) is 3.34. The Hall–Kier alpha value is -3.15. The van der Waals surface area contributed by atoms with Gasteiger partial charge < -0.3 is 15.1 Å². The molecule has 0 aliphatic carbocycles. The molecule has 0 saturated heterocycles. The Labute approximate surface area is 119 Å². The molecule has 0 spiro atoms. The van der Waals surface area contributed by atoms with E-state index < -0.39 is 0 Å². The first-order valence-electron chi connectivity index (χ1n) is 6.27. The molecular weight excluding hydrogens is 268 g/mol. The molecule has 0 atom stereocenters. The van der Waals surface area contributed by atoms with Crippen molar-refractivity contribution < 1.29 is 5.11 Å². The molecule has 6 nitrogen and oxygen atoms in total. The van der Waals surface area contributed by atoms with Gasteiger partial charge in [0.2, 0.25) is 0 Å². The van der Waals surface area contributed by atoms with E-state index in [4.69, 9.17) is 0 Å². The molecule has 0 unspecified atom stereocenters. The van der Waals surface area contributed by atoms with Gasteiger partial charge in [0.1, 0.15) is 22.9 Å². The van der Waals surface area contributed by atoms with Crippen LogP contribution in [0, 0.1) is 0 Å². The number of hydrogen-bond donors (Lipinski definition) is 3. The zero-order valence-corrected chi connectivity index (χ0v) is 10.9. The summed E-state index contributed by atoms with van der Waals surface area (Å²) in [6.45, 7) is 0. The lowest BCUT2D eigenvalue weighted by molar-refractivity contribution is 0.475. The number of aromatic amines is 2. The van der Waals surface area contributed by atoms with Gasteiger partial charge in [0.15, 0.2) is 0 Å². The third kappa shape index (κ3) is 3.06. The highest BCUT2D eigenvalue weighted by Gasteiger charge is 1.95. The highest BCUT2D eigenvalue weighted by molar-refractivity contribution is 5.92. The van der Waals surface area contributed by atoms with Gasteiger partial charge in [-0.3, -0.25) is 4.79 Å². The van der Waals surface area contributed by atoms with Gasteiger partial charge in [-0.05, 0) is 35.9 Å². The van der Waals surface area contributed by atoms with E-state index in [1.54, 1.807) is 48.7 Å². The lowest BCUT2D eigenvalue weighted by Gasteiger charge is -1.92. The highest BCUT2D eigenvalue weighted by atomic mass is 16.3. The summed E-state index contributed by atoms with van der Waals surface area (Å²) in [5.74, 6) is 0.187. The molecule has 21 heavy (non-hydrogen) atoms. The number of aromatic hydroxyl groups is 1. The predicted octanol–water partition coefficient (Wildman–Crippen LogP) is 0.0145. The van der Waals surface area contributed by atoms with Crippen LogP contribution in [0.25, 0.3) is 12.2 Å². The number of nitrogens with one attached hydrogen (secondary N) is 2. The van der Waals surface area contributed by atoms with Crippen molar-refractivity contribution in [2.45, 2.75) is 0 Å². The van der Waals surface area contributed by atoms with E-state index in [0.29, 0.717) is 10.8 Å². The molecule has 0 fully saturated rings. The van der Waals surface area contributed by atoms with Crippen LogP contribution in [-0.4, -0.2) is 27.6 Å². The van der Waals surface area contributed by atoms with Crippen LogP contribution >= 0.6 is 0 Å². The fourth-order valence-electron chi connectivity index (χ4n) is 1.84. The number of nitrogens with zero attached hydrogens (tertiary/aromatic N) is 2. The van der Waals surface area contributed by atoms with Crippen LogP contribution in [0.15, 0.2) is 50.8 Å². The fraction of sp³-hybridized carbons (Fsp3) is 0. The SMILES string of the molecule is O=c1[nH]/c(=C/C=C2\C=NC=N2)[nH]/c1=C\c1ccc(O)cc1. The third-order valence-corrected chi connectivity index (χ3v) is 2.87. The van der Waals surface area contributed by atoms with Crippen molar-refractivity contribution in [1.29, 1.82) is 0 Å². The van der Waals surface area contributed by atoms with Crippen molar-refractivity contribution in [2.24, 2.45) is 9.98 Å². The molecule has 3 rings (SSSR count). The third-order valence-electron chi connectivity index (χ3n) is 2.87. The monoisotopic (exact) mass is 280 g/mol. The maximum atomic E-state index is 11.8. The predicted molar refractivity (Wildman–Crippen MR) is 81.9 cm³/mol. The molecule has 2 aromatic rings. The van der Waals surface area contributed by atoms with Crippen molar-refractivity contribution in [1.82, 2.24) is 9.97 Å². The summed E-state index contributed by atoms with van der Waals surface area (Å²) in [7, 11) is 0. The Morgan fingerprint density at radius 1 is 1.10 bits per heavy atom. The zero-order valence-electron chi connectivity index (χ0n) is 10.9. The summed E-state index contributed by atoms with van der Waals surface area (Å²) in [6.07, 6.45) is 8.26. The number of allylic oxidation sites excluding steroid dienone is 2. The van der Waals surface area contributed by atoms with E-state index in [0.717, 1.165) is 11.3 Å². The largest absolute Gasteiger partial charge is 0.508 e. The van der Waals surface area contributed by atoms with E-state index in [-0.39, 0.29) is 11.3 Å². The minimum Gasteiger partial charge on any atom is -0.508 e. The molecule has 104 valence electrons. The highest BCUT2D eigenvalue weighted by Crippen LogP contribution is 2.09. The summed E-state index contributed by atoms with van der Waals surface area (Å²) >= 11 is 0. The molecule has 6 heteroatoms. The summed E-state index contributed by atoms with van der Waals surface area (Å²) in [6, 6.07) is 6.59. The quantitative estimate of drug-likeness (QED) is 0.723. The average Bonchev–Trinajstić information content (AvgIpc) is 3.10. The van der Waals surface area contributed by atoms with Gasteiger partial charge in [-0.1, -0.05) is 12.1 Å². The second-order valence-corrected chi connectivity index (χ2v) is 4.42. The van der Waals surface area contributed by atoms with Crippen LogP contribution in [0.4, 0.5) is 0 Å². The van der Waals surface area contributed by atoms with E-state index in [1.165, 1.54) is 6.34 Å². The smallest absolute Gasteiger partial charge is 0.273 e. The van der Waals surface area contributed by atoms with Crippen LogP contribution in [0.1, 0.15) is 5.56 Å². The maximum Gasteiger partial charge on any atom is 0.273 e. The number of phenolic OH excluding ortho intramolecular Hbond substituents is 1. The normalized spacial score (nSPS) is 17.2. The van der Waals surface area contributed by atoms with Crippen molar-refractivity contribution in [2.75, 3.05) is 0 Å². The van der Waals surface area contributed by atoms with Crippen LogP contribution in [0.2, 0.25) is 0 Å². The van der Waals surface area contributed by atoms with E-state index in [2.05, 4.69) is 20.0 Å². The first kappa shape index (κ1) is 12.9. The van der Waals surface area contributed by atoms with Crippen molar-refractivity contribution >= 4 is 24.7 Å². The molecule has 2 heterocycles. The number of benzene rings is 1. The maximum absolute atomic E-state index is 11.8. The number of hydrogen-bond acceptors (Lipinski definition) is 4. The number of aromatic nitrogens is 2. The molecule has 0 bridgehead atoms. The van der Waals surface area contributed by atoms with Crippen LogP contribution in [-0.2, 0) is 0 Å². The van der Waals surface area contributed by atoms with Crippen molar-refractivity contribution in [3.8, 4) is 5.75 Å². The Balaban J connectivity index is 1.98. The Morgan fingerprint density at radius 2 is 1.90 bits per heavy atom.